The smallest absolute Gasteiger partial charge is 0.338 e. The number of esters is 1. The third-order valence-electron chi connectivity index (χ3n) is 2.15. The number of carbonyl (C=O) groups excluding carboxylic acids is 2. The molecule has 0 saturated heterocycles. The van der Waals surface area contributed by atoms with Crippen molar-refractivity contribution in [2.45, 2.75) is 25.7 Å². The van der Waals surface area contributed by atoms with Crippen molar-refractivity contribution < 1.29 is 14.3 Å². The van der Waals surface area contributed by atoms with Gasteiger partial charge in [-0.15, -0.1) is 11.8 Å². The summed E-state index contributed by atoms with van der Waals surface area (Å²) in [6, 6.07) is 5.56. The zero-order valence-corrected chi connectivity index (χ0v) is 11.1. The van der Waals surface area contributed by atoms with Crippen molar-refractivity contribution in [3.05, 3.63) is 29.3 Å². The number of thioether (sulfide) groups is 1. The molecule has 1 aromatic carbocycles. The van der Waals surface area contributed by atoms with Crippen molar-refractivity contribution in [2.24, 2.45) is 0 Å². The van der Waals surface area contributed by atoms with Gasteiger partial charge in [-0.1, -0.05) is 6.07 Å². The molecule has 0 aliphatic heterocycles. The molecule has 1 aromatic rings. The quantitative estimate of drug-likeness (QED) is 0.597. The van der Waals surface area contributed by atoms with E-state index < -0.39 is 0 Å². The van der Waals surface area contributed by atoms with Crippen LogP contribution in [-0.2, 0) is 9.53 Å². The van der Waals surface area contributed by atoms with E-state index in [0.717, 1.165) is 10.5 Å². The maximum Gasteiger partial charge on any atom is 0.338 e. The largest absolute Gasteiger partial charge is 0.462 e. The van der Waals surface area contributed by atoms with Crippen molar-refractivity contribution in [3.63, 3.8) is 0 Å². The van der Waals surface area contributed by atoms with Gasteiger partial charge in [0.1, 0.15) is 5.78 Å². The van der Waals surface area contributed by atoms with Crippen LogP contribution in [0.2, 0.25) is 0 Å². The third kappa shape index (κ3) is 4.23. The van der Waals surface area contributed by atoms with Gasteiger partial charge in [0, 0.05) is 4.90 Å². The number of hydrogen-bond acceptors (Lipinski definition) is 4. The van der Waals surface area contributed by atoms with E-state index in [2.05, 4.69) is 0 Å². The summed E-state index contributed by atoms with van der Waals surface area (Å²) in [5.41, 5.74) is 1.45. The Morgan fingerprint density at radius 3 is 2.65 bits per heavy atom. The van der Waals surface area contributed by atoms with Crippen molar-refractivity contribution in [3.8, 4) is 0 Å². The molecule has 0 aromatic heterocycles. The van der Waals surface area contributed by atoms with Crippen LogP contribution in [-0.4, -0.2) is 24.1 Å². The molecule has 0 radical (unpaired) electrons. The minimum Gasteiger partial charge on any atom is -0.462 e. The van der Waals surface area contributed by atoms with Crippen molar-refractivity contribution in [2.75, 3.05) is 12.4 Å². The van der Waals surface area contributed by atoms with Gasteiger partial charge >= 0.3 is 5.97 Å². The van der Waals surface area contributed by atoms with E-state index in [1.54, 1.807) is 19.9 Å². The van der Waals surface area contributed by atoms with Gasteiger partial charge < -0.3 is 4.74 Å². The van der Waals surface area contributed by atoms with Gasteiger partial charge in [0.15, 0.2) is 0 Å². The molecule has 0 fully saturated rings. The first kappa shape index (κ1) is 13.8. The van der Waals surface area contributed by atoms with E-state index in [1.807, 2.05) is 19.1 Å². The predicted molar refractivity (Wildman–Crippen MR) is 68.5 cm³/mol. The average Bonchev–Trinajstić information content (AvgIpc) is 2.28. The lowest BCUT2D eigenvalue weighted by molar-refractivity contribution is -0.114. The van der Waals surface area contributed by atoms with E-state index in [0.29, 0.717) is 17.9 Å². The van der Waals surface area contributed by atoms with Crippen LogP contribution in [0, 0.1) is 6.92 Å². The number of benzene rings is 1. The summed E-state index contributed by atoms with van der Waals surface area (Å²) in [7, 11) is 0. The van der Waals surface area contributed by atoms with Gasteiger partial charge in [0.25, 0.3) is 0 Å². The molecule has 0 aliphatic carbocycles. The SMILES string of the molecule is CCOC(=O)c1cc(SCC(C)=O)ccc1C. The molecule has 3 nitrogen and oxygen atoms in total. The standard InChI is InChI=1S/C13H16O3S/c1-4-16-13(15)12-7-11(6-5-9(12)2)17-8-10(3)14/h5-7H,4,8H2,1-3H3. The van der Waals surface area contributed by atoms with E-state index in [-0.39, 0.29) is 11.8 Å². The molecule has 0 N–H and O–H groups in total. The molecular formula is C13H16O3S. The Labute approximate surface area is 106 Å². The molecule has 4 heteroatoms. The van der Waals surface area contributed by atoms with Crippen LogP contribution in [0.3, 0.4) is 0 Å². The van der Waals surface area contributed by atoms with E-state index in [4.69, 9.17) is 4.74 Å². The minimum atomic E-state index is -0.310. The maximum absolute atomic E-state index is 11.7. The Morgan fingerprint density at radius 2 is 2.06 bits per heavy atom. The molecule has 17 heavy (non-hydrogen) atoms. The van der Waals surface area contributed by atoms with Gasteiger partial charge in [-0.25, -0.2) is 4.79 Å². The first-order chi connectivity index (χ1) is 8.04. The van der Waals surface area contributed by atoms with Crippen LogP contribution in [0.1, 0.15) is 29.8 Å². The summed E-state index contributed by atoms with van der Waals surface area (Å²) < 4.78 is 4.97. The summed E-state index contributed by atoms with van der Waals surface area (Å²) in [5, 5.41) is 0. The summed E-state index contributed by atoms with van der Waals surface area (Å²) in [5.74, 6) is 0.231. The molecule has 0 unspecified atom stereocenters. The summed E-state index contributed by atoms with van der Waals surface area (Å²) in [6.45, 7) is 5.56. The van der Waals surface area contributed by atoms with Crippen LogP contribution in [0.15, 0.2) is 23.1 Å². The monoisotopic (exact) mass is 252 g/mol. The second kappa shape index (κ2) is 6.45. The van der Waals surface area contributed by atoms with E-state index in [9.17, 15) is 9.59 Å². The first-order valence-electron chi connectivity index (χ1n) is 5.44. The minimum absolute atomic E-state index is 0.119. The van der Waals surface area contributed by atoms with Crippen molar-refractivity contribution in [1.82, 2.24) is 0 Å². The van der Waals surface area contributed by atoms with Crippen LogP contribution in [0.4, 0.5) is 0 Å². The molecular weight excluding hydrogens is 236 g/mol. The molecule has 1 rings (SSSR count). The predicted octanol–water partition coefficient (Wildman–Crippen LogP) is 2.85. The summed E-state index contributed by atoms with van der Waals surface area (Å²) in [6.07, 6.45) is 0. The lowest BCUT2D eigenvalue weighted by Gasteiger charge is -2.07. The van der Waals surface area contributed by atoms with Gasteiger partial charge in [-0.05, 0) is 38.5 Å². The molecule has 0 amide bonds. The number of Topliss-reactive ketones (excluding diaryl/α,β-unsaturated/α-hetero) is 1. The number of ether oxygens (including phenoxy) is 1. The average molecular weight is 252 g/mol. The molecule has 0 aliphatic rings. The topological polar surface area (TPSA) is 43.4 Å². The normalized spacial score (nSPS) is 10.1. The highest BCUT2D eigenvalue weighted by Gasteiger charge is 2.11. The number of aryl methyl sites for hydroxylation is 1. The molecule has 0 atom stereocenters. The van der Waals surface area contributed by atoms with Crippen LogP contribution in [0.5, 0.6) is 0 Å². The van der Waals surface area contributed by atoms with E-state index in [1.165, 1.54) is 11.8 Å². The van der Waals surface area contributed by atoms with Crippen LogP contribution >= 0.6 is 11.8 Å². The molecule has 0 heterocycles. The zero-order valence-electron chi connectivity index (χ0n) is 10.3. The van der Waals surface area contributed by atoms with Gasteiger partial charge in [-0.3, -0.25) is 4.79 Å². The molecule has 92 valence electrons. The fourth-order valence-corrected chi connectivity index (χ4v) is 2.04. The van der Waals surface area contributed by atoms with Crippen molar-refractivity contribution >= 4 is 23.5 Å². The highest BCUT2D eigenvalue weighted by atomic mass is 32.2. The fraction of sp³-hybridized carbons (Fsp3) is 0.385. The highest BCUT2D eigenvalue weighted by Crippen LogP contribution is 2.22. The number of rotatable bonds is 5. The lowest BCUT2D eigenvalue weighted by atomic mass is 10.1. The Balaban J connectivity index is 2.86. The molecule has 0 spiro atoms. The third-order valence-corrected chi connectivity index (χ3v) is 3.28. The lowest BCUT2D eigenvalue weighted by Crippen LogP contribution is -2.06. The zero-order chi connectivity index (χ0) is 12.8. The number of hydrogen-bond donors (Lipinski definition) is 0. The van der Waals surface area contributed by atoms with Crippen molar-refractivity contribution in [1.29, 1.82) is 0 Å². The summed E-state index contributed by atoms with van der Waals surface area (Å²) in [4.78, 5) is 23.5. The number of carbonyl (C=O) groups is 2. The Morgan fingerprint density at radius 1 is 1.35 bits per heavy atom. The first-order valence-corrected chi connectivity index (χ1v) is 6.43. The summed E-state index contributed by atoms with van der Waals surface area (Å²) >= 11 is 1.43. The van der Waals surface area contributed by atoms with Crippen LogP contribution < -0.4 is 0 Å². The number of ketones is 1. The second-order valence-corrected chi connectivity index (χ2v) is 4.74. The van der Waals surface area contributed by atoms with Gasteiger partial charge in [-0.2, -0.15) is 0 Å². The Hall–Kier alpha value is -1.29. The van der Waals surface area contributed by atoms with Gasteiger partial charge in [0.2, 0.25) is 0 Å². The molecule has 0 saturated carbocycles. The Kier molecular flexibility index (Phi) is 5.22. The van der Waals surface area contributed by atoms with Crippen LogP contribution in [0.25, 0.3) is 0 Å². The molecule has 0 bridgehead atoms. The Bertz CT molecular complexity index is 427. The second-order valence-electron chi connectivity index (χ2n) is 3.69. The fourth-order valence-electron chi connectivity index (χ4n) is 1.30. The highest BCUT2D eigenvalue weighted by molar-refractivity contribution is 8.00. The van der Waals surface area contributed by atoms with E-state index >= 15 is 0 Å². The van der Waals surface area contributed by atoms with Gasteiger partial charge in [0.05, 0.1) is 17.9 Å². The maximum atomic E-state index is 11.7.